The van der Waals surface area contributed by atoms with Gasteiger partial charge in [-0.25, -0.2) is 0 Å². The van der Waals surface area contributed by atoms with Gasteiger partial charge in [0, 0.05) is 18.5 Å². The molecule has 1 spiro atoms. The number of carbonyl (C=O) groups is 4. The summed E-state index contributed by atoms with van der Waals surface area (Å²) in [6, 6.07) is 0. The zero-order chi connectivity index (χ0) is 16.9. The van der Waals surface area contributed by atoms with Crippen molar-refractivity contribution in [2.75, 3.05) is 13.1 Å². The standard InChI is InChI=1S/C18H22N2O4/c21-14-12-16(23)20-11-7-2-1-6-10-19(14)15(22)13(17(20)24)18(12)8-4-3-5-9-18/h1-2,12-13H,3-11H2/b2-1-. The van der Waals surface area contributed by atoms with Gasteiger partial charge in [0.2, 0.25) is 23.6 Å². The quantitative estimate of drug-likeness (QED) is 0.381. The van der Waals surface area contributed by atoms with Crippen molar-refractivity contribution in [1.29, 1.82) is 0 Å². The van der Waals surface area contributed by atoms with Gasteiger partial charge >= 0.3 is 0 Å². The normalized spacial score (nSPS) is 29.5. The lowest BCUT2D eigenvalue weighted by Crippen LogP contribution is -2.72. The molecule has 24 heavy (non-hydrogen) atoms. The van der Waals surface area contributed by atoms with Crippen molar-refractivity contribution < 1.29 is 19.2 Å². The SMILES string of the molecule is O=C1C2C(=O)N3CC/C=C\CCN1C(=O)C(C3=O)C21CCCCC1. The van der Waals surface area contributed by atoms with Crippen LogP contribution in [0.1, 0.15) is 44.9 Å². The second-order valence-corrected chi connectivity index (χ2v) is 7.36. The Labute approximate surface area is 140 Å². The molecule has 128 valence electrons. The minimum absolute atomic E-state index is 0.262. The van der Waals surface area contributed by atoms with E-state index in [2.05, 4.69) is 0 Å². The van der Waals surface area contributed by atoms with Gasteiger partial charge in [-0.3, -0.25) is 29.0 Å². The number of hydrogen-bond acceptors (Lipinski definition) is 4. The highest BCUT2D eigenvalue weighted by molar-refractivity contribution is 6.22. The molecule has 4 aliphatic heterocycles. The summed E-state index contributed by atoms with van der Waals surface area (Å²) in [4.78, 5) is 54.5. The molecule has 0 atom stereocenters. The third-order valence-electron chi connectivity index (χ3n) is 6.19. The summed E-state index contributed by atoms with van der Waals surface area (Å²) >= 11 is 0. The van der Waals surface area contributed by atoms with Crippen LogP contribution in [0.25, 0.3) is 0 Å². The molecule has 2 saturated heterocycles. The first kappa shape index (κ1) is 15.5. The summed E-state index contributed by atoms with van der Waals surface area (Å²) in [5, 5.41) is 0. The van der Waals surface area contributed by atoms with Crippen LogP contribution in [-0.4, -0.2) is 46.5 Å². The zero-order valence-electron chi connectivity index (χ0n) is 13.7. The first-order valence-electron chi connectivity index (χ1n) is 8.93. The fraction of sp³-hybridized carbons (Fsp3) is 0.667. The van der Waals surface area contributed by atoms with Gasteiger partial charge in [0.25, 0.3) is 0 Å². The van der Waals surface area contributed by atoms with Gasteiger partial charge in [-0.1, -0.05) is 31.4 Å². The van der Waals surface area contributed by atoms with Gasteiger partial charge < -0.3 is 0 Å². The smallest absolute Gasteiger partial charge is 0.242 e. The minimum Gasteiger partial charge on any atom is -0.281 e. The predicted octanol–water partition coefficient (Wildman–Crippen LogP) is 1.26. The van der Waals surface area contributed by atoms with E-state index in [-0.39, 0.29) is 36.7 Å². The van der Waals surface area contributed by atoms with Crippen LogP contribution in [0.5, 0.6) is 0 Å². The summed E-state index contributed by atoms with van der Waals surface area (Å²) in [7, 11) is 0. The van der Waals surface area contributed by atoms with Gasteiger partial charge in [-0.2, -0.15) is 0 Å². The van der Waals surface area contributed by atoms with E-state index < -0.39 is 17.3 Å². The maximum atomic E-state index is 13.0. The fourth-order valence-corrected chi connectivity index (χ4v) is 5.07. The maximum Gasteiger partial charge on any atom is 0.242 e. The molecule has 3 fully saturated rings. The number of carbonyl (C=O) groups excluding carboxylic acids is 4. The molecule has 6 nitrogen and oxygen atoms in total. The van der Waals surface area contributed by atoms with E-state index in [4.69, 9.17) is 0 Å². The minimum atomic E-state index is -0.851. The Bertz CT molecular complexity index is 567. The van der Waals surface area contributed by atoms with Crippen LogP contribution < -0.4 is 0 Å². The van der Waals surface area contributed by atoms with Crippen LogP contribution in [0, 0.1) is 17.3 Å². The van der Waals surface area contributed by atoms with Crippen molar-refractivity contribution in [3.8, 4) is 0 Å². The molecule has 6 heteroatoms. The number of hydrogen-bond donors (Lipinski definition) is 0. The summed E-state index contributed by atoms with van der Waals surface area (Å²) in [5.41, 5.74) is -0.769. The third kappa shape index (κ3) is 1.95. The maximum absolute atomic E-state index is 13.0. The third-order valence-corrected chi connectivity index (χ3v) is 6.19. The second kappa shape index (κ2) is 5.53. The first-order chi connectivity index (χ1) is 11.6. The lowest BCUT2D eigenvalue weighted by atomic mass is 9.54. The molecule has 4 heterocycles. The summed E-state index contributed by atoms with van der Waals surface area (Å²) in [6.07, 6.45) is 9.00. The van der Waals surface area contributed by atoms with E-state index in [1.807, 2.05) is 12.2 Å². The molecule has 0 aromatic carbocycles. The highest BCUT2D eigenvalue weighted by atomic mass is 16.2. The number of imide groups is 2. The molecule has 5 rings (SSSR count). The van der Waals surface area contributed by atoms with E-state index in [9.17, 15) is 19.2 Å². The molecule has 5 aliphatic rings. The van der Waals surface area contributed by atoms with Crippen molar-refractivity contribution in [1.82, 2.24) is 9.80 Å². The van der Waals surface area contributed by atoms with E-state index in [1.165, 1.54) is 9.80 Å². The molecule has 0 unspecified atom stereocenters. The zero-order valence-corrected chi connectivity index (χ0v) is 13.7. The Kier molecular flexibility index (Phi) is 3.58. The number of nitrogens with zero attached hydrogens (tertiary/aromatic N) is 2. The molecule has 1 aliphatic carbocycles. The topological polar surface area (TPSA) is 74.8 Å². The van der Waals surface area contributed by atoms with Gasteiger partial charge in [-0.15, -0.1) is 0 Å². The van der Waals surface area contributed by atoms with Crippen molar-refractivity contribution in [2.45, 2.75) is 44.9 Å². The molecule has 4 bridgehead atoms. The Morgan fingerprint density at radius 1 is 0.708 bits per heavy atom. The van der Waals surface area contributed by atoms with Gasteiger partial charge in [0.15, 0.2) is 0 Å². The average Bonchev–Trinajstić information content (AvgIpc) is 2.59. The van der Waals surface area contributed by atoms with Crippen LogP contribution in [0.2, 0.25) is 0 Å². The van der Waals surface area contributed by atoms with Crippen molar-refractivity contribution in [3.63, 3.8) is 0 Å². The van der Waals surface area contributed by atoms with Crippen LogP contribution in [0.4, 0.5) is 0 Å². The first-order valence-corrected chi connectivity index (χ1v) is 8.93. The van der Waals surface area contributed by atoms with Crippen molar-refractivity contribution in [3.05, 3.63) is 12.2 Å². The lowest BCUT2D eigenvalue weighted by molar-refractivity contribution is -0.189. The van der Waals surface area contributed by atoms with Gasteiger partial charge in [-0.05, 0) is 25.7 Å². The summed E-state index contributed by atoms with van der Waals surface area (Å²) < 4.78 is 0. The second-order valence-electron chi connectivity index (χ2n) is 7.36. The average molecular weight is 330 g/mol. The van der Waals surface area contributed by atoms with Crippen LogP contribution >= 0.6 is 0 Å². The van der Waals surface area contributed by atoms with Crippen molar-refractivity contribution >= 4 is 23.6 Å². The molecule has 0 N–H and O–H groups in total. The number of rotatable bonds is 0. The molecule has 0 aromatic heterocycles. The van der Waals surface area contributed by atoms with Crippen molar-refractivity contribution in [2.24, 2.45) is 17.3 Å². The summed E-state index contributed by atoms with van der Waals surface area (Å²) in [5.74, 6) is -3.22. The van der Waals surface area contributed by atoms with Gasteiger partial charge in [0.1, 0.15) is 11.8 Å². The summed E-state index contributed by atoms with van der Waals surface area (Å²) in [6.45, 7) is 0.523. The van der Waals surface area contributed by atoms with Crippen LogP contribution in [0.15, 0.2) is 12.2 Å². The molecule has 0 aromatic rings. The molecular weight excluding hydrogens is 308 g/mol. The Balaban J connectivity index is 1.87. The molecule has 4 amide bonds. The molecule has 1 saturated carbocycles. The molecule has 0 radical (unpaired) electrons. The van der Waals surface area contributed by atoms with Crippen LogP contribution in [0.3, 0.4) is 0 Å². The van der Waals surface area contributed by atoms with Gasteiger partial charge in [0.05, 0.1) is 0 Å². The number of fused-ring (bicyclic) bond motifs is 4. The lowest BCUT2D eigenvalue weighted by Gasteiger charge is -2.55. The monoisotopic (exact) mass is 330 g/mol. The fourth-order valence-electron chi connectivity index (χ4n) is 5.07. The predicted molar refractivity (Wildman–Crippen MR) is 84.3 cm³/mol. The Hall–Kier alpha value is -1.98. The van der Waals surface area contributed by atoms with Crippen LogP contribution in [-0.2, 0) is 19.2 Å². The largest absolute Gasteiger partial charge is 0.281 e. The highest BCUT2D eigenvalue weighted by Crippen LogP contribution is 2.55. The molecular formula is C18H22N2O4. The highest BCUT2D eigenvalue weighted by Gasteiger charge is 2.67. The number of piperidine rings is 2. The number of amides is 4. The Morgan fingerprint density at radius 2 is 1.12 bits per heavy atom. The van der Waals surface area contributed by atoms with E-state index in [0.717, 1.165) is 19.3 Å². The Morgan fingerprint density at radius 3 is 1.54 bits per heavy atom. The van der Waals surface area contributed by atoms with E-state index in [0.29, 0.717) is 25.7 Å². The van der Waals surface area contributed by atoms with E-state index >= 15 is 0 Å². The van der Waals surface area contributed by atoms with E-state index in [1.54, 1.807) is 0 Å².